The van der Waals surface area contributed by atoms with Crippen molar-refractivity contribution in [2.24, 2.45) is 0 Å². The largest absolute Gasteiger partial charge is 0.391 e. The van der Waals surface area contributed by atoms with Crippen LogP contribution in [-0.4, -0.2) is 31.1 Å². The molecule has 0 aliphatic carbocycles. The van der Waals surface area contributed by atoms with Gasteiger partial charge in [0.05, 0.1) is 18.3 Å². The minimum atomic E-state index is -0.399. The second-order valence-electron chi connectivity index (χ2n) is 4.80. The molecule has 0 radical (unpaired) electrons. The molecule has 0 fully saturated rings. The molecule has 0 saturated carbocycles. The lowest BCUT2D eigenvalue weighted by Crippen LogP contribution is -2.18. The first-order valence-corrected chi connectivity index (χ1v) is 6.51. The molecule has 2 heterocycles. The Hall–Kier alpha value is -1.69. The summed E-state index contributed by atoms with van der Waals surface area (Å²) >= 11 is 0. The predicted octanol–water partition coefficient (Wildman–Crippen LogP) is 1.55. The van der Waals surface area contributed by atoms with Gasteiger partial charge in [-0.1, -0.05) is 12.1 Å². The number of hydrogen-bond acceptors (Lipinski definition) is 5. The molecule has 2 aromatic rings. The van der Waals surface area contributed by atoms with Crippen LogP contribution in [0, 0.1) is 20.8 Å². The van der Waals surface area contributed by atoms with E-state index in [0.717, 1.165) is 22.8 Å². The molecule has 6 nitrogen and oxygen atoms in total. The summed E-state index contributed by atoms with van der Waals surface area (Å²) in [5, 5.41) is 18.0. The van der Waals surface area contributed by atoms with Crippen LogP contribution < -0.4 is 0 Å². The molecule has 19 heavy (non-hydrogen) atoms. The smallest absolute Gasteiger partial charge is 0.147 e. The van der Waals surface area contributed by atoms with Gasteiger partial charge in [-0.15, -0.1) is 0 Å². The van der Waals surface area contributed by atoms with Crippen molar-refractivity contribution in [2.75, 3.05) is 0 Å². The Morgan fingerprint density at radius 2 is 2.05 bits per heavy atom. The summed E-state index contributed by atoms with van der Waals surface area (Å²) in [5.41, 5.74) is 1.92. The third-order valence-corrected chi connectivity index (χ3v) is 3.23. The van der Waals surface area contributed by atoms with E-state index in [1.807, 2.05) is 27.7 Å². The third kappa shape index (κ3) is 3.01. The van der Waals surface area contributed by atoms with Gasteiger partial charge in [0.2, 0.25) is 0 Å². The average molecular weight is 264 g/mol. The van der Waals surface area contributed by atoms with E-state index in [9.17, 15) is 5.11 Å². The molecule has 0 aliphatic rings. The van der Waals surface area contributed by atoms with E-state index < -0.39 is 6.10 Å². The normalized spacial score (nSPS) is 12.9. The molecule has 0 aliphatic heterocycles. The number of aryl methyl sites for hydroxylation is 3. The van der Waals surface area contributed by atoms with Crippen LogP contribution in [0.1, 0.15) is 42.0 Å². The first-order valence-electron chi connectivity index (χ1n) is 6.51. The van der Waals surface area contributed by atoms with Gasteiger partial charge in [0.15, 0.2) is 0 Å². The zero-order valence-electron chi connectivity index (χ0n) is 11.8. The van der Waals surface area contributed by atoms with E-state index in [-0.39, 0.29) is 0 Å². The Labute approximate surface area is 112 Å². The van der Waals surface area contributed by atoms with Gasteiger partial charge in [-0.2, -0.15) is 5.10 Å². The molecule has 2 aromatic heterocycles. The summed E-state index contributed by atoms with van der Waals surface area (Å²) in [6, 6.07) is 0. The van der Waals surface area contributed by atoms with Crippen molar-refractivity contribution in [1.82, 2.24) is 19.9 Å². The van der Waals surface area contributed by atoms with Crippen LogP contribution in [0.2, 0.25) is 0 Å². The molecule has 0 spiro atoms. The fraction of sp³-hybridized carbons (Fsp3) is 0.615. The molecule has 1 N–H and O–H groups in total. The van der Waals surface area contributed by atoms with E-state index in [0.29, 0.717) is 25.2 Å². The molecular weight excluding hydrogens is 244 g/mol. The van der Waals surface area contributed by atoms with Gasteiger partial charge in [-0.3, -0.25) is 0 Å². The predicted molar refractivity (Wildman–Crippen MR) is 69.8 cm³/mol. The highest BCUT2D eigenvalue weighted by molar-refractivity contribution is 5.24. The Balaban J connectivity index is 2.25. The van der Waals surface area contributed by atoms with Crippen molar-refractivity contribution in [3.63, 3.8) is 0 Å². The number of aliphatic hydroxyl groups is 1. The first kappa shape index (κ1) is 13.7. The Bertz CT molecular complexity index is 539. The van der Waals surface area contributed by atoms with Crippen molar-refractivity contribution >= 4 is 0 Å². The maximum Gasteiger partial charge on any atom is 0.147 e. The third-order valence-electron chi connectivity index (χ3n) is 3.23. The first-order chi connectivity index (χ1) is 9.01. The van der Waals surface area contributed by atoms with Crippen LogP contribution in [0.25, 0.3) is 0 Å². The standard InChI is InChI=1S/C13H20N4O2/c1-5-11(18)7-17-13(14-10(4)15-17)6-12-8(2)16-19-9(12)3/h11,18H,5-7H2,1-4H3/t11-/m0/s1. The van der Waals surface area contributed by atoms with E-state index in [2.05, 4.69) is 15.2 Å². The van der Waals surface area contributed by atoms with Gasteiger partial charge in [0, 0.05) is 12.0 Å². The summed E-state index contributed by atoms with van der Waals surface area (Å²) in [7, 11) is 0. The SMILES string of the molecule is CC[C@H](O)Cn1nc(C)nc1Cc1c(C)noc1C. The summed E-state index contributed by atoms with van der Waals surface area (Å²) in [6.07, 6.45) is 0.923. The quantitative estimate of drug-likeness (QED) is 0.886. The molecular formula is C13H20N4O2. The van der Waals surface area contributed by atoms with E-state index in [4.69, 9.17) is 4.52 Å². The highest BCUT2D eigenvalue weighted by Gasteiger charge is 2.16. The second-order valence-corrected chi connectivity index (χ2v) is 4.80. The van der Waals surface area contributed by atoms with Crippen LogP contribution >= 0.6 is 0 Å². The Kier molecular flexibility index (Phi) is 3.99. The van der Waals surface area contributed by atoms with Gasteiger partial charge in [0.1, 0.15) is 17.4 Å². The lowest BCUT2D eigenvalue weighted by molar-refractivity contribution is 0.144. The van der Waals surface area contributed by atoms with Gasteiger partial charge in [-0.25, -0.2) is 9.67 Å². The van der Waals surface area contributed by atoms with Gasteiger partial charge in [-0.05, 0) is 27.2 Å². The molecule has 0 aromatic carbocycles. The van der Waals surface area contributed by atoms with Crippen LogP contribution in [0.3, 0.4) is 0 Å². The molecule has 2 rings (SSSR count). The zero-order valence-corrected chi connectivity index (χ0v) is 11.8. The monoisotopic (exact) mass is 264 g/mol. The molecule has 0 amide bonds. The molecule has 104 valence electrons. The van der Waals surface area contributed by atoms with Gasteiger partial charge >= 0.3 is 0 Å². The minimum absolute atomic E-state index is 0.399. The second kappa shape index (κ2) is 5.52. The fourth-order valence-corrected chi connectivity index (χ4v) is 2.02. The van der Waals surface area contributed by atoms with Crippen LogP contribution in [0.4, 0.5) is 0 Å². The molecule has 0 bridgehead atoms. The number of nitrogens with zero attached hydrogens (tertiary/aromatic N) is 4. The Morgan fingerprint density at radius 3 is 2.63 bits per heavy atom. The highest BCUT2D eigenvalue weighted by atomic mass is 16.5. The van der Waals surface area contributed by atoms with E-state index >= 15 is 0 Å². The van der Waals surface area contributed by atoms with E-state index in [1.54, 1.807) is 4.68 Å². The minimum Gasteiger partial charge on any atom is -0.391 e. The average Bonchev–Trinajstić information content (AvgIpc) is 2.86. The summed E-state index contributed by atoms with van der Waals surface area (Å²) in [6.45, 7) is 8.08. The van der Waals surface area contributed by atoms with Crippen LogP contribution in [-0.2, 0) is 13.0 Å². The maximum atomic E-state index is 9.76. The summed E-state index contributed by atoms with van der Waals surface area (Å²) in [4.78, 5) is 4.43. The topological polar surface area (TPSA) is 77.0 Å². The van der Waals surface area contributed by atoms with Crippen molar-refractivity contribution in [1.29, 1.82) is 0 Å². The lowest BCUT2D eigenvalue weighted by atomic mass is 10.1. The van der Waals surface area contributed by atoms with Crippen LogP contribution in [0.15, 0.2) is 4.52 Å². The fourth-order valence-electron chi connectivity index (χ4n) is 2.02. The van der Waals surface area contributed by atoms with Crippen LogP contribution in [0.5, 0.6) is 0 Å². The van der Waals surface area contributed by atoms with Crippen molar-refractivity contribution in [2.45, 2.75) is 53.2 Å². The van der Waals surface area contributed by atoms with Gasteiger partial charge < -0.3 is 9.63 Å². The number of aromatic nitrogens is 4. The van der Waals surface area contributed by atoms with Crippen molar-refractivity contribution in [3.05, 3.63) is 28.7 Å². The number of rotatable bonds is 5. The number of hydrogen-bond donors (Lipinski definition) is 1. The summed E-state index contributed by atoms with van der Waals surface area (Å²) < 4.78 is 6.93. The zero-order chi connectivity index (χ0) is 14.0. The molecule has 0 saturated heterocycles. The molecule has 6 heteroatoms. The number of aliphatic hydroxyl groups excluding tert-OH is 1. The van der Waals surface area contributed by atoms with Crippen molar-refractivity contribution < 1.29 is 9.63 Å². The van der Waals surface area contributed by atoms with Gasteiger partial charge in [0.25, 0.3) is 0 Å². The van der Waals surface area contributed by atoms with Crippen molar-refractivity contribution in [3.8, 4) is 0 Å². The lowest BCUT2D eigenvalue weighted by Gasteiger charge is -2.10. The highest BCUT2D eigenvalue weighted by Crippen LogP contribution is 2.16. The molecule has 0 unspecified atom stereocenters. The van der Waals surface area contributed by atoms with E-state index in [1.165, 1.54) is 0 Å². The Morgan fingerprint density at radius 1 is 1.32 bits per heavy atom. The maximum absolute atomic E-state index is 9.76. The molecule has 1 atom stereocenters. The summed E-state index contributed by atoms with van der Waals surface area (Å²) in [5.74, 6) is 2.35.